The summed E-state index contributed by atoms with van der Waals surface area (Å²) < 4.78 is 45.0. The van der Waals surface area contributed by atoms with Crippen LogP contribution in [0.3, 0.4) is 0 Å². The van der Waals surface area contributed by atoms with Gasteiger partial charge in [0, 0.05) is 18.5 Å². The third-order valence-corrected chi connectivity index (χ3v) is 6.49. The lowest BCUT2D eigenvalue weighted by molar-refractivity contribution is -0.152. The Balaban J connectivity index is 1.52. The number of thiazole rings is 1. The van der Waals surface area contributed by atoms with Gasteiger partial charge in [-0.2, -0.15) is 13.2 Å². The standard InChI is InChI=1S/C24H21F3N2O3S/c1-13-15(11-18(28-13)14-7-9-16(10-8-14)24(25,26)27)12-20-29-17-5-4-6-19(21(17)33-20)32-23(2,3)22(30)31/h4-10H,11-12H2,1-3H3,(H,30,31). The molecule has 0 amide bonds. The minimum absolute atomic E-state index is 0.461. The number of aliphatic carboxylic acids is 1. The molecule has 9 heteroatoms. The molecule has 33 heavy (non-hydrogen) atoms. The van der Waals surface area contributed by atoms with Crippen molar-refractivity contribution in [1.29, 1.82) is 0 Å². The first-order valence-electron chi connectivity index (χ1n) is 10.2. The van der Waals surface area contributed by atoms with Gasteiger partial charge in [-0.1, -0.05) is 18.2 Å². The molecule has 0 atom stereocenters. The van der Waals surface area contributed by atoms with Crippen LogP contribution in [0.4, 0.5) is 13.2 Å². The highest BCUT2D eigenvalue weighted by Crippen LogP contribution is 2.36. The van der Waals surface area contributed by atoms with E-state index in [4.69, 9.17) is 4.74 Å². The van der Waals surface area contributed by atoms with E-state index >= 15 is 0 Å². The first-order valence-corrected chi connectivity index (χ1v) is 11.0. The number of halogens is 3. The Kier molecular flexibility index (Phi) is 5.78. The SMILES string of the molecule is CC1=C(Cc2nc3cccc(OC(C)(C)C(=O)O)c3s2)CC(c2ccc(C(F)(F)F)cc2)=N1. The summed E-state index contributed by atoms with van der Waals surface area (Å²) in [4.78, 5) is 20.7. The van der Waals surface area contributed by atoms with E-state index in [9.17, 15) is 23.1 Å². The summed E-state index contributed by atoms with van der Waals surface area (Å²) in [5.41, 5.74) is 1.90. The van der Waals surface area contributed by atoms with Crippen LogP contribution in [0.5, 0.6) is 5.75 Å². The van der Waals surface area contributed by atoms with Crippen molar-refractivity contribution in [2.45, 2.75) is 45.4 Å². The van der Waals surface area contributed by atoms with Crippen molar-refractivity contribution in [3.05, 3.63) is 69.9 Å². The van der Waals surface area contributed by atoms with E-state index in [1.165, 1.54) is 37.3 Å². The number of fused-ring (bicyclic) bond motifs is 1. The maximum Gasteiger partial charge on any atom is 0.416 e. The lowest BCUT2D eigenvalue weighted by Gasteiger charge is -2.21. The molecule has 1 aliphatic rings. The Morgan fingerprint density at radius 1 is 1.15 bits per heavy atom. The number of rotatable bonds is 6. The molecule has 2 aromatic carbocycles. The van der Waals surface area contributed by atoms with Gasteiger partial charge in [0.25, 0.3) is 0 Å². The van der Waals surface area contributed by atoms with Crippen LogP contribution in [0.15, 0.2) is 58.7 Å². The summed E-state index contributed by atoms with van der Waals surface area (Å²) in [5, 5.41) is 10.2. The van der Waals surface area contributed by atoms with Gasteiger partial charge in [-0.3, -0.25) is 4.99 Å². The second-order valence-electron chi connectivity index (χ2n) is 8.31. The summed E-state index contributed by atoms with van der Waals surface area (Å²) in [7, 11) is 0. The third kappa shape index (κ3) is 4.78. The Hall–Kier alpha value is -3.20. The smallest absolute Gasteiger partial charge is 0.416 e. The zero-order valence-corrected chi connectivity index (χ0v) is 19.0. The number of benzene rings is 2. The first kappa shape index (κ1) is 23.0. The number of allylic oxidation sites excluding steroid dienone is 2. The minimum atomic E-state index is -4.37. The fraction of sp³-hybridized carbons (Fsp3) is 0.292. The number of carbonyl (C=O) groups is 1. The van der Waals surface area contributed by atoms with Crippen LogP contribution in [0, 0.1) is 0 Å². The highest BCUT2D eigenvalue weighted by molar-refractivity contribution is 7.19. The fourth-order valence-corrected chi connectivity index (χ4v) is 4.54. The van der Waals surface area contributed by atoms with Gasteiger partial charge in [0.2, 0.25) is 0 Å². The number of carboxylic acid groups (broad SMARTS) is 1. The molecule has 1 aliphatic heterocycles. The van der Waals surface area contributed by atoms with Gasteiger partial charge in [0.15, 0.2) is 5.60 Å². The monoisotopic (exact) mass is 474 g/mol. The summed E-state index contributed by atoms with van der Waals surface area (Å²) >= 11 is 1.43. The highest BCUT2D eigenvalue weighted by atomic mass is 32.1. The average Bonchev–Trinajstić information content (AvgIpc) is 3.31. The Bertz CT molecular complexity index is 1290. The topological polar surface area (TPSA) is 71.8 Å². The number of hydrogen-bond acceptors (Lipinski definition) is 5. The van der Waals surface area contributed by atoms with E-state index in [1.54, 1.807) is 12.1 Å². The van der Waals surface area contributed by atoms with Gasteiger partial charge >= 0.3 is 12.1 Å². The number of carboxylic acids is 1. The molecule has 0 radical (unpaired) electrons. The maximum absolute atomic E-state index is 12.8. The average molecular weight is 475 g/mol. The molecule has 1 N–H and O–H groups in total. The van der Waals surface area contributed by atoms with Gasteiger partial charge in [-0.05, 0) is 56.2 Å². The van der Waals surface area contributed by atoms with E-state index in [0.29, 0.717) is 29.7 Å². The van der Waals surface area contributed by atoms with Crippen LogP contribution in [-0.4, -0.2) is 27.4 Å². The molecule has 0 fully saturated rings. The van der Waals surface area contributed by atoms with E-state index in [-0.39, 0.29) is 0 Å². The molecule has 1 aromatic heterocycles. The summed E-state index contributed by atoms with van der Waals surface area (Å²) in [6.45, 7) is 4.86. The number of alkyl halides is 3. The molecule has 2 heterocycles. The predicted molar refractivity (Wildman–Crippen MR) is 121 cm³/mol. The van der Waals surface area contributed by atoms with E-state index in [2.05, 4.69) is 9.98 Å². The highest BCUT2D eigenvalue weighted by Gasteiger charge is 2.31. The van der Waals surface area contributed by atoms with Crippen molar-refractivity contribution in [2.24, 2.45) is 4.99 Å². The van der Waals surface area contributed by atoms with Gasteiger partial charge in [-0.15, -0.1) is 11.3 Å². The van der Waals surface area contributed by atoms with Crippen LogP contribution >= 0.6 is 11.3 Å². The molecule has 0 unspecified atom stereocenters. The molecule has 4 rings (SSSR count). The summed E-state index contributed by atoms with van der Waals surface area (Å²) in [5.74, 6) is -0.605. The summed E-state index contributed by atoms with van der Waals surface area (Å²) in [6.07, 6.45) is -3.30. The van der Waals surface area contributed by atoms with Crippen molar-refractivity contribution in [3.63, 3.8) is 0 Å². The number of aromatic nitrogens is 1. The van der Waals surface area contributed by atoms with Crippen molar-refractivity contribution in [3.8, 4) is 5.75 Å². The number of nitrogens with zero attached hydrogens (tertiary/aromatic N) is 2. The molecule has 0 saturated carbocycles. The van der Waals surface area contributed by atoms with Crippen LogP contribution in [0.2, 0.25) is 0 Å². The van der Waals surface area contributed by atoms with Gasteiger partial charge < -0.3 is 9.84 Å². The van der Waals surface area contributed by atoms with Crippen molar-refractivity contribution < 1.29 is 27.8 Å². The van der Waals surface area contributed by atoms with E-state index < -0.39 is 23.3 Å². The molecule has 0 saturated heterocycles. The lowest BCUT2D eigenvalue weighted by atomic mass is 10.0. The number of ether oxygens (including phenoxy) is 1. The molecule has 3 aromatic rings. The van der Waals surface area contributed by atoms with Crippen LogP contribution < -0.4 is 4.74 Å². The van der Waals surface area contributed by atoms with Crippen molar-refractivity contribution in [1.82, 2.24) is 4.98 Å². The normalized spacial score (nSPS) is 14.7. The van der Waals surface area contributed by atoms with Crippen LogP contribution in [0.1, 0.15) is 43.3 Å². The molecule has 172 valence electrons. The fourth-order valence-electron chi connectivity index (χ4n) is 3.49. The van der Waals surface area contributed by atoms with Gasteiger partial charge in [-0.25, -0.2) is 9.78 Å². The third-order valence-electron chi connectivity index (χ3n) is 5.41. The Labute approximate surface area is 192 Å². The largest absolute Gasteiger partial charge is 0.478 e. The zero-order valence-electron chi connectivity index (χ0n) is 18.2. The molecule has 0 bridgehead atoms. The minimum Gasteiger partial charge on any atom is -0.478 e. The molecule has 0 spiro atoms. The lowest BCUT2D eigenvalue weighted by Crippen LogP contribution is -2.37. The van der Waals surface area contributed by atoms with Crippen molar-refractivity contribution >= 4 is 33.2 Å². The quantitative estimate of drug-likeness (QED) is 0.457. The number of aliphatic imine (C=N–C) groups is 1. The zero-order chi connectivity index (χ0) is 24.0. The second kappa shape index (κ2) is 8.30. The second-order valence-corrected chi connectivity index (χ2v) is 9.39. The van der Waals surface area contributed by atoms with Crippen LogP contribution in [-0.2, 0) is 17.4 Å². The molecule has 0 aliphatic carbocycles. The first-order chi connectivity index (χ1) is 15.4. The predicted octanol–water partition coefficient (Wildman–Crippen LogP) is 6.27. The van der Waals surface area contributed by atoms with Crippen LogP contribution in [0.25, 0.3) is 10.2 Å². The molecule has 5 nitrogen and oxygen atoms in total. The van der Waals surface area contributed by atoms with E-state index in [0.717, 1.165) is 38.8 Å². The van der Waals surface area contributed by atoms with Gasteiger partial charge in [0.1, 0.15) is 5.75 Å². The van der Waals surface area contributed by atoms with E-state index in [1.807, 2.05) is 13.0 Å². The molecular weight excluding hydrogens is 453 g/mol. The molecular formula is C24H21F3N2O3S. The Morgan fingerprint density at radius 3 is 2.48 bits per heavy atom. The maximum atomic E-state index is 12.8. The van der Waals surface area contributed by atoms with Gasteiger partial charge in [0.05, 0.1) is 26.5 Å². The van der Waals surface area contributed by atoms with Crippen molar-refractivity contribution in [2.75, 3.05) is 0 Å². The summed E-state index contributed by atoms with van der Waals surface area (Å²) in [6, 6.07) is 10.4. The number of hydrogen-bond donors (Lipinski definition) is 1. The Morgan fingerprint density at radius 2 is 1.85 bits per heavy atom.